The maximum atomic E-state index is 11.3. The van der Waals surface area contributed by atoms with Crippen LogP contribution >= 0.6 is 0 Å². The second kappa shape index (κ2) is 3.87. The van der Waals surface area contributed by atoms with E-state index in [2.05, 4.69) is 0 Å². The lowest BCUT2D eigenvalue weighted by Crippen LogP contribution is -2.53. The molecule has 4 nitrogen and oxygen atoms in total. The van der Waals surface area contributed by atoms with Gasteiger partial charge in [0.2, 0.25) is 5.91 Å². The predicted molar refractivity (Wildman–Crippen MR) is 49.4 cm³/mol. The molecule has 0 saturated carbocycles. The number of rotatable bonds is 2. The van der Waals surface area contributed by atoms with Gasteiger partial charge in [-0.15, -0.1) is 0 Å². The third-order valence-electron chi connectivity index (χ3n) is 2.62. The number of ketones is 1. The van der Waals surface area contributed by atoms with Crippen molar-refractivity contribution < 1.29 is 9.59 Å². The Morgan fingerprint density at radius 3 is 2.54 bits per heavy atom. The molecule has 0 radical (unpaired) electrons. The first-order chi connectivity index (χ1) is 6.02. The van der Waals surface area contributed by atoms with Gasteiger partial charge in [-0.2, -0.15) is 0 Å². The molecule has 74 valence electrons. The molecule has 1 fully saturated rings. The van der Waals surface area contributed by atoms with Crippen LogP contribution in [-0.4, -0.2) is 54.2 Å². The van der Waals surface area contributed by atoms with Gasteiger partial charge < -0.3 is 4.90 Å². The lowest BCUT2D eigenvalue weighted by Gasteiger charge is -2.34. The highest BCUT2D eigenvalue weighted by atomic mass is 16.2. The monoisotopic (exact) mass is 184 g/mol. The van der Waals surface area contributed by atoms with Crippen LogP contribution in [0.1, 0.15) is 13.8 Å². The Morgan fingerprint density at radius 1 is 1.46 bits per heavy atom. The van der Waals surface area contributed by atoms with E-state index >= 15 is 0 Å². The number of carbonyl (C=O) groups excluding carboxylic acids is 2. The Labute approximate surface area is 78.5 Å². The van der Waals surface area contributed by atoms with Gasteiger partial charge in [0.1, 0.15) is 5.78 Å². The van der Waals surface area contributed by atoms with Gasteiger partial charge in [0.15, 0.2) is 0 Å². The normalized spacial score (nSPS) is 21.8. The number of hydrogen-bond acceptors (Lipinski definition) is 3. The Kier molecular flexibility index (Phi) is 3.03. The number of amides is 1. The van der Waals surface area contributed by atoms with Crippen LogP contribution in [0.4, 0.5) is 0 Å². The molecule has 1 unspecified atom stereocenters. The number of Topliss-reactive ketones (excluding diaryl/α,β-unsaturated/α-hetero) is 1. The van der Waals surface area contributed by atoms with Crippen molar-refractivity contribution in [1.82, 2.24) is 9.80 Å². The van der Waals surface area contributed by atoms with Crippen molar-refractivity contribution in [2.75, 3.05) is 26.7 Å². The molecule has 1 heterocycles. The number of piperazine rings is 1. The van der Waals surface area contributed by atoms with Gasteiger partial charge >= 0.3 is 0 Å². The zero-order valence-electron chi connectivity index (χ0n) is 8.41. The molecular weight excluding hydrogens is 168 g/mol. The lowest BCUT2D eigenvalue weighted by molar-refractivity contribution is -0.136. The van der Waals surface area contributed by atoms with Crippen molar-refractivity contribution in [3.8, 4) is 0 Å². The summed E-state index contributed by atoms with van der Waals surface area (Å²) in [5, 5.41) is 0. The van der Waals surface area contributed by atoms with E-state index in [1.165, 1.54) is 0 Å². The molecule has 0 spiro atoms. The minimum Gasteiger partial charge on any atom is -0.343 e. The smallest absolute Gasteiger partial charge is 0.236 e. The third-order valence-corrected chi connectivity index (χ3v) is 2.62. The highest BCUT2D eigenvalue weighted by molar-refractivity contribution is 5.83. The summed E-state index contributed by atoms with van der Waals surface area (Å²) in [6.45, 7) is 5.30. The summed E-state index contributed by atoms with van der Waals surface area (Å²) in [4.78, 5) is 26.0. The van der Waals surface area contributed by atoms with Crippen LogP contribution in [0.5, 0.6) is 0 Å². The minimum absolute atomic E-state index is 0.0966. The number of hydrogen-bond donors (Lipinski definition) is 0. The SMILES string of the molecule is CC(=O)C(C)N1CCN(C)C(=O)C1. The Bertz CT molecular complexity index is 228. The Hall–Kier alpha value is -0.900. The van der Waals surface area contributed by atoms with Crippen LogP contribution in [0.15, 0.2) is 0 Å². The van der Waals surface area contributed by atoms with Crippen molar-refractivity contribution in [2.45, 2.75) is 19.9 Å². The van der Waals surface area contributed by atoms with E-state index in [1.807, 2.05) is 11.8 Å². The first-order valence-corrected chi connectivity index (χ1v) is 4.51. The minimum atomic E-state index is -0.127. The van der Waals surface area contributed by atoms with Crippen molar-refractivity contribution >= 4 is 11.7 Å². The summed E-state index contributed by atoms with van der Waals surface area (Å²) < 4.78 is 0. The molecule has 1 atom stereocenters. The van der Waals surface area contributed by atoms with Crippen molar-refractivity contribution in [3.63, 3.8) is 0 Å². The fourth-order valence-corrected chi connectivity index (χ4v) is 1.36. The number of likely N-dealkylation sites (N-methyl/N-ethyl adjacent to an activating group) is 1. The van der Waals surface area contributed by atoms with Crippen LogP contribution in [0.25, 0.3) is 0 Å². The highest BCUT2D eigenvalue weighted by Crippen LogP contribution is 2.06. The van der Waals surface area contributed by atoms with E-state index in [-0.39, 0.29) is 17.7 Å². The van der Waals surface area contributed by atoms with Gasteiger partial charge in [0.05, 0.1) is 12.6 Å². The Balaban J connectivity index is 2.55. The first kappa shape index (κ1) is 10.2. The molecule has 0 aliphatic carbocycles. The van der Waals surface area contributed by atoms with Gasteiger partial charge in [-0.05, 0) is 13.8 Å². The summed E-state index contributed by atoms with van der Waals surface area (Å²) in [7, 11) is 1.79. The molecule has 13 heavy (non-hydrogen) atoms. The molecule has 1 rings (SSSR count). The van der Waals surface area contributed by atoms with Crippen LogP contribution in [0.3, 0.4) is 0 Å². The van der Waals surface area contributed by atoms with E-state index < -0.39 is 0 Å². The number of carbonyl (C=O) groups is 2. The van der Waals surface area contributed by atoms with Crippen molar-refractivity contribution in [3.05, 3.63) is 0 Å². The van der Waals surface area contributed by atoms with E-state index in [0.29, 0.717) is 6.54 Å². The van der Waals surface area contributed by atoms with Crippen LogP contribution in [-0.2, 0) is 9.59 Å². The van der Waals surface area contributed by atoms with Crippen LogP contribution in [0.2, 0.25) is 0 Å². The predicted octanol–water partition coefficient (Wildman–Crippen LogP) is -0.262. The molecule has 0 aromatic heterocycles. The fourth-order valence-electron chi connectivity index (χ4n) is 1.36. The van der Waals surface area contributed by atoms with E-state index in [0.717, 1.165) is 13.1 Å². The van der Waals surface area contributed by atoms with Crippen molar-refractivity contribution in [1.29, 1.82) is 0 Å². The molecule has 4 heteroatoms. The molecule has 1 aliphatic heterocycles. The lowest BCUT2D eigenvalue weighted by atomic mass is 10.2. The average molecular weight is 184 g/mol. The van der Waals surface area contributed by atoms with Gasteiger partial charge in [-0.1, -0.05) is 0 Å². The summed E-state index contributed by atoms with van der Waals surface area (Å²) in [5.74, 6) is 0.219. The maximum absolute atomic E-state index is 11.3. The molecule has 0 aromatic rings. The van der Waals surface area contributed by atoms with E-state index in [4.69, 9.17) is 0 Å². The fraction of sp³-hybridized carbons (Fsp3) is 0.778. The van der Waals surface area contributed by atoms with E-state index in [1.54, 1.807) is 18.9 Å². The van der Waals surface area contributed by atoms with E-state index in [9.17, 15) is 9.59 Å². The molecule has 0 bridgehead atoms. The topological polar surface area (TPSA) is 40.6 Å². The summed E-state index contributed by atoms with van der Waals surface area (Å²) in [6, 6.07) is -0.127. The van der Waals surface area contributed by atoms with Crippen LogP contribution in [0, 0.1) is 0 Å². The largest absolute Gasteiger partial charge is 0.343 e. The second-order valence-corrected chi connectivity index (χ2v) is 3.57. The average Bonchev–Trinajstić information content (AvgIpc) is 2.08. The van der Waals surface area contributed by atoms with Gasteiger partial charge in [0.25, 0.3) is 0 Å². The summed E-state index contributed by atoms with van der Waals surface area (Å²) in [6.07, 6.45) is 0. The molecule has 1 saturated heterocycles. The second-order valence-electron chi connectivity index (χ2n) is 3.57. The number of nitrogens with zero attached hydrogens (tertiary/aromatic N) is 2. The zero-order valence-corrected chi connectivity index (χ0v) is 8.41. The quantitative estimate of drug-likeness (QED) is 0.593. The highest BCUT2D eigenvalue weighted by Gasteiger charge is 2.26. The summed E-state index contributed by atoms with van der Waals surface area (Å²) >= 11 is 0. The zero-order chi connectivity index (χ0) is 10.0. The first-order valence-electron chi connectivity index (χ1n) is 4.51. The van der Waals surface area contributed by atoms with Gasteiger partial charge in [0, 0.05) is 20.1 Å². The maximum Gasteiger partial charge on any atom is 0.236 e. The Morgan fingerprint density at radius 2 is 2.08 bits per heavy atom. The molecule has 1 amide bonds. The summed E-state index contributed by atoms with van der Waals surface area (Å²) in [5.41, 5.74) is 0. The van der Waals surface area contributed by atoms with Gasteiger partial charge in [-0.25, -0.2) is 0 Å². The molecule has 0 aromatic carbocycles. The standard InChI is InChI=1S/C9H16N2O2/c1-7(8(2)12)11-5-4-10(3)9(13)6-11/h7H,4-6H2,1-3H3. The van der Waals surface area contributed by atoms with Gasteiger partial charge in [-0.3, -0.25) is 14.5 Å². The molecule has 0 N–H and O–H groups in total. The van der Waals surface area contributed by atoms with Crippen molar-refractivity contribution in [2.24, 2.45) is 0 Å². The molecule has 1 aliphatic rings. The third kappa shape index (κ3) is 2.28. The molecular formula is C9H16N2O2. The van der Waals surface area contributed by atoms with Crippen LogP contribution < -0.4 is 0 Å².